The molecule has 0 saturated carbocycles. The van der Waals surface area contributed by atoms with Crippen molar-refractivity contribution in [3.63, 3.8) is 0 Å². The van der Waals surface area contributed by atoms with Crippen LogP contribution in [0.4, 0.5) is 0 Å². The lowest BCUT2D eigenvalue weighted by molar-refractivity contribution is -0.118. The fraction of sp³-hybridized carbons (Fsp3) is 0.125. The second-order valence-corrected chi connectivity index (χ2v) is 3.27. The molecule has 1 heterocycles. The average Bonchev–Trinajstić information content (AvgIpc) is 2.08. The first-order valence-corrected chi connectivity index (χ1v) is 4.39. The summed E-state index contributed by atoms with van der Waals surface area (Å²) in [5.41, 5.74) is 0.189. The monoisotopic (exact) mass is 232 g/mol. The summed E-state index contributed by atoms with van der Waals surface area (Å²) in [6, 6.07) is 1.34. The summed E-state index contributed by atoms with van der Waals surface area (Å²) in [6.45, 7) is 1.24. The molecule has 0 saturated heterocycles. The summed E-state index contributed by atoms with van der Waals surface area (Å²) in [6.07, 6.45) is 1.24. The van der Waals surface area contributed by atoms with E-state index in [1.165, 1.54) is 19.2 Å². The number of nitrogens with zero attached hydrogens (tertiary/aromatic N) is 1. The van der Waals surface area contributed by atoms with Crippen molar-refractivity contribution in [1.29, 1.82) is 0 Å². The molecule has 0 bridgehead atoms. The van der Waals surface area contributed by atoms with Gasteiger partial charge in [-0.1, -0.05) is 23.2 Å². The summed E-state index contributed by atoms with van der Waals surface area (Å²) >= 11 is 11.2. The lowest BCUT2D eigenvalue weighted by Gasteiger charge is -2.01. The molecular weight excluding hydrogens is 227 g/mol. The SMILES string of the molecule is CC(=O)NC(=O)c1cnc(Cl)c(Cl)c1. The number of pyridine rings is 1. The molecule has 0 fully saturated rings. The molecule has 0 aliphatic rings. The molecule has 0 radical (unpaired) electrons. The van der Waals surface area contributed by atoms with E-state index >= 15 is 0 Å². The highest BCUT2D eigenvalue weighted by molar-refractivity contribution is 6.41. The average molecular weight is 233 g/mol. The van der Waals surface area contributed by atoms with Crippen LogP contribution in [0, 0.1) is 0 Å². The number of aromatic nitrogens is 1. The fourth-order valence-electron chi connectivity index (χ4n) is 0.777. The highest BCUT2D eigenvalue weighted by Gasteiger charge is 2.09. The number of halogens is 2. The third-order valence-corrected chi connectivity index (χ3v) is 2.03. The number of amides is 2. The molecule has 4 nitrogen and oxygen atoms in total. The van der Waals surface area contributed by atoms with Crippen molar-refractivity contribution in [2.24, 2.45) is 0 Å². The Kier molecular flexibility index (Phi) is 3.43. The smallest absolute Gasteiger partial charge is 0.259 e. The van der Waals surface area contributed by atoms with Crippen LogP contribution in [0.3, 0.4) is 0 Å². The number of carbonyl (C=O) groups is 2. The Morgan fingerprint density at radius 1 is 1.43 bits per heavy atom. The van der Waals surface area contributed by atoms with Gasteiger partial charge < -0.3 is 0 Å². The second-order valence-electron chi connectivity index (χ2n) is 2.51. The lowest BCUT2D eigenvalue weighted by Crippen LogP contribution is -2.27. The van der Waals surface area contributed by atoms with Crippen LogP contribution in [0.5, 0.6) is 0 Å². The van der Waals surface area contributed by atoms with E-state index in [0.29, 0.717) is 0 Å². The van der Waals surface area contributed by atoms with Crippen LogP contribution in [-0.4, -0.2) is 16.8 Å². The van der Waals surface area contributed by atoms with Gasteiger partial charge in [-0.2, -0.15) is 0 Å². The number of rotatable bonds is 1. The molecule has 0 unspecified atom stereocenters. The van der Waals surface area contributed by atoms with Gasteiger partial charge in [0.15, 0.2) is 0 Å². The summed E-state index contributed by atoms with van der Waals surface area (Å²) in [4.78, 5) is 25.5. The van der Waals surface area contributed by atoms with Gasteiger partial charge in [0.2, 0.25) is 5.91 Å². The van der Waals surface area contributed by atoms with Crippen molar-refractivity contribution in [2.45, 2.75) is 6.92 Å². The van der Waals surface area contributed by atoms with Crippen LogP contribution in [0.15, 0.2) is 12.3 Å². The Balaban J connectivity index is 2.91. The van der Waals surface area contributed by atoms with Gasteiger partial charge in [-0.25, -0.2) is 4.98 Å². The largest absolute Gasteiger partial charge is 0.293 e. The standard InChI is InChI=1S/C8H6Cl2N2O2/c1-4(13)12-8(14)5-2-6(9)7(10)11-3-5/h2-3H,1H3,(H,12,13,14). The number of carbonyl (C=O) groups excluding carboxylic acids is 2. The molecule has 1 aromatic rings. The Morgan fingerprint density at radius 3 is 2.57 bits per heavy atom. The third-order valence-electron chi connectivity index (χ3n) is 1.35. The predicted octanol–water partition coefficient (Wildman–Crippen LogP) is 1.66. The second kappa shape index (κ2) is 4.39. The number of hydrogen-bond donors (Lipinski definition) is 1. The molecule has 74 valence electrons. The Hall–Kier alpha value is -1.13. The third kappa shape index (κ3) is 2.68. The van der Waals surface area contributed by atoms with Crippen LogP contribution < -0.4 is 5.32 Å². The van der Waals surface area contributed by atoms with E-state index in [2.05, 4.69) is 10.3 Å². The zero-order valence-corrected chi connectivity index (χ0v) is 8.69. The van der Waals surface area contributed by atoms with Crippen molar-refractivity contribution in [2.75, 3.05) is 0 Å². The topological polar surface area (TPSA) is 59.1 Å². The highest BCUT2D eigenvalue weighted by Crippen LogP contribution is 2.19. The van der Waals surface area contributed by atoms with E-state index in [0.717, 1.165) is 0 Å². The number of imide groups is 1. The molecule has 1 N–H and O–H groups in total. The van der Waals surface area contributed by atoms with Gasteiger partial charge in [0, 0.05) is 13.1 Å². The summed E-state index contributed by atoms with van der Waals surface area (Å²) in [7, 11) is 0. The molecule has 1 aromatic heterocycles. The van der Waals surface area contributed by atoms with Gasteiger partial charge in [0.1, 0.15) is 5.15 Å². The first-order chi connectivity index (χ1) is 6.50. The normalized spacial score (nSPS) is 9.64. The first-order valence-electron chi connectivity index (χ1n) is 3.63. The van der Waals surface area contributed by atoms with Gasteiger partial charge in [0.25, 0.3) is 5.91 Å². The number of hydrogen-bond acceptors (Lipinski definition) is 3. The van der Waals surface area contributed by atoms with Crippen LogP contribution in [-0.2, 0) is 4.79 Å². The van der Waals surface area contributed by atoms with Crippen molar-refractivity contribution < 1.29 is 9.59 Å². The molecule has 0 spiro atoms. The quantitative estimate of drug-likeness (QED) is 0.750. The van der Waals surface area contributed by atoms with Crippen LogP contribution in [0.2, 0.25) is 10.2 Å². The van der Waals surface area contributed by atoms with Gasteiger partial charge in [-0.15, -0.1) is 0 Å². The first kappa shape index (κ1) is 10.9. The molecule has 2 amide bonds. The Labute approximate surface area is 90.2 Å². The molecule has 1 rings (SSSR count). The van der Waals surface area contributed by atoms with E-state index in [1.807, 2.05) is 0 Å². The van der Waals surface area contributed by atoms with E-state index in [-0.39, 0.29) is 15.7 Å². The van der Waals surface area contributed by atoms with Crippen molar-refractivity contribution in [1.82, 2.24) is 10.3 Å². The maximum absolute atomic E-state index is 11.2. The van der Waals surface area contributed by atoms with E-state index < -0.39 is 11.8 Å². The fourth-order valence-corrected chi connectivity index (χ4v) is 1.05. The molecule has 6 heteroatoms. The summed E-state index contributed by atoms with van der Waals surface area (Å²) in [5.74, 6) is -0.996. The van der Waals surface area contributed by atoms with Crippen molar-refractivity contribution in [3.8, 4) is 0 Å². The van der Waals surface area contributed by atoms with Gasteiger partial charge in [-0.3, -0.25) is 14.9 Å². The summed E-state index contributed by atoms with van der Waals surface area (Å²) < 4.78 is 0. The van der Waals surface area contributed by atoms with Crippen LogP contribution in [0.1, 0.15) is 17.3 Å². The minimum Gasteiger partial charge on any atom is -0.293 e. The van der Waals surface area contributed by atoms with Gasteiger partial charge >= 0.3 is 0 Å². The van der Waals surface area contributed by atoms with Crippen LogP contribution >= 0.6 is 23.2 Å². The van der Waals surface area contributed by atoms with Gasteiger partial charge in [-0.05, 0) is 6.07 Å². The Morgan fingerprint density at radius 2 is 2.07 bits per heavy atom. The molecule has 0 atom stereocenters. The molecule has 0 aliphatic carbocycles. The molecule has 14 heavy (non-hydrogen) atoms. The predicted molar refractivity (Wildman–Crippen MR) is 52.4 cm³/mol. The maximum atomic E-state index is 11.2. The van der Waals surface area contributed by atoms with E-state index in [9.17, 15) is 9.59 Å². The maximum Gasteiger partial charge on any atom is 0.259 e. The number of nitrogens with one attached hydrogen (secondary N) is 1. The zero-order valence-electron chi connectivity index (χ0n) is 7.17. The van der Waals surface area contributed by atoms with Crippen molar-refractivity contribution >= 4 is 35.0 Å². The van der Waals surface area contributed by atoms with E-state index in [1.54, 1.807) is 0 Å². The van der Waals surface area contributed by atoms with Gasteiger partial charge in [0.05, 0.1) is 10.6 Å². The Bertz CT molecular complexity index is 393. The van der Waals surface area contributed by atoms with E-state index in [4.69, 9.17) is 23.2 Å². The lowest BCUT2D eigenvalue weighted by atomic mass is 10.3. The minimum absolute atomic E-state index is 0.117. The molecular formula is C8H6Cl2N2O2. The zero-order chi connectivity index (χ0) is 10.7. The molecule has 0 aromatic carbocycles. The molecule has 0 aliphatic heterocycles. The highest BCUT2D eigenvalue weighted by atomic mass is 35.5. The summed E-state index contributed by atoms with van der Waals surface area (Å²) in [5, 5.41) is 2.37. The van der Waals surface area contributed by atoms with Crippen molar-refractivity contribution in [3.05, 3.63) is 28.0 Å². The van der Waals surface area contributed by atoms with Crippen LogP contribution in [0.25, 0.3) is 0 Å². The minimum atomic E-state index is -0.552.